The van der Waals surface area contributed by atoms with Crippen LogP contribution in [0.2, 0.25) is 0 Å². The molecule has 25 heavy (non-hydrogen) atoms. The standard InChI is InChI=1S/C17H18N4O4/c1-11-3-5-13(9-15(11)21(23)24)17(22)20-8-7-14(10-20)25-16-6-4-12(2)18-19-16/h3-6,9,14H,7-8,10H2,1-2H3. The van der Waals surface area contributed by atoms with Crippen molar-refractivity contribution >= 4 is 11.6 Å². The summed E-state index contributed by atoms with van der Waals surface area (Å²) in [6, 6.07) is 8.10. The number of amides is 1. The Kier molecular flexibility index (Phi) is 4.60. The zero-order valence-corrected chi connectivity index (χ0v) is 14.0. The van der Waals surface area contributed by atoms with Gasteiger partial charge >= 0.3 is 0 Å². The molecule has 0 radical (unpaired) electrons. The smallest absolute Gasteiger partial charge is 0.273 e. The number of carbonyl (C=O) groups excluding carboxylic acids is 1. The second-order valence-corrected chi connectivity index (χ2v) is 6.05. The molecular formula is C17H18N4O4. The SMILES string of the molecule is Cc1ccc(OC2CCN(C(=O)c3ccc(C)c([N+](=O)[O-])c3)C2)nn1. The first-order valence-corrected chi connectivity index (χ1v) is 7.95. The van der Waals surface area contributed by atoms with Crippen molar-refractivity contribution < 1.29 is 14.5 Å². The Bertz CT molecular complexity index is 807. The van der Waals surface area contributed by atoms with Gasteiger partial charge in [-0.05, 0) is 26.0 Å². The molecule has 1 aromatic carbocycles. The van der Waals surface area contributed by atoms with E-state index in [-0.39, 0.29) is 17.7 Å². The van der Waals surface area contributed by atoms with Gasteiger partial charge in [0.15, 0.2) is 0 Å². The molecule has 1 atom stereocenters. The van der Waals surface area contributed by atoms with Crippen LogP contribution in [0.1, 0.15) is 28.0 Å². The van der Waals surface area contributed by atoms with E-state index in [0.29, 0.717) is 36.5 Å². The lowest BCUT2D eigenvalue weighted by atomic mass is 10.1. The third kappa shape index (κ3) is 3.73. The fraction of sp³-hybridized carbons (Fsp3) is 0.353. The van der Waals surface area contributed by atoms with Crippen LogP contribution >= 0.6 is 0 Å². The topological polar surface area (TPSA) is 98.5 Å². The summed E-state index contributed by atoms with van der Waals surface area (Å²) in [5, 5.41) is 18.9. The fourth-order valence-electron chi connectivity index (χ4n) is 2.75. The van der Waals surface area contributed by atoms with Crippen molar-refractivity contribution in [2.75, 3.05) is 13.1 Å². The van der Waals surface area contributed by atoms with Crippen LogP contribution < -0.4 is 4.74 Å². The van der Waals surface area contributed by atoms with Crippen molar-refractivity contribution in [2.24, 2.45) is 0 Å². The lowest BCUT2D eigenvalue weighted by Gasteiger charge is -2.17. The molecule has 1 saturated heterocycles. The van der Waals surface area contributed by atoms with Crippen LogP contribution in [0.25, 0.3) is 0 Å². The van der Waals surface area contributed by atoms with Crippen molar-refractivity contribution in [3.8, 4) is 5.88 Å². The molecule has 130 valence electrons. The van der Waals surface area contributed by atoms with E-state index in [0.717, 1.165) is 5.69 Å². The molecule has 1 amide bonds. The normalized spacial score (nSPS) is 16.7. The second-order valence-electron chi connectivity index (χ2n) is 6.05. The first-order chi connectivity index (χ1) is 11.9. The van der Waals surface area contributed by atoms with Crippen LogP contribution in [0, 0.1) is 24.0 Å². The van der Waals surface area contributed by atoms with Crippen LogP contribution in [-0.2, 0) is 0 Å². The summed E-state index contributed by atoms with van der Waals surface area (Å²) >= 11 is 0. The van der Waals surface area contributed by atoms with Gasteiger partial charge in [0, 0.05) is 36.2 Å². The first kappa shape index (κ1) is 16.8. The molecule has 1 unspecified atom stereocenters. The van der Waals surface area contributed by atoms with Crippen LogP contribution in [0.4, 0.5) is 5.69 Å². The van der Waals surface area contributed by atoms with Crippen LogP contribution in [0.15, 0.2) is 30.3 Å². The van der Waals surface area contributed by atoms with Gasteiger partial charge in [-0.25, -0.2) is 0 Å². The van der Waals surface area contributed by atoms with E-state index < -0.39 is 4.92 Å². The first-order valence-electron chi connectivity index (χ1n) is 7.95. The number of carbonyl (C=O) groups is 1. The molecule has 8 nitrogen and oxygen atoms in total. The maximum absolute atomic E-state index is 12.6. The number of hydrogen-bond acceptors (Lipinski definition) is 6. The molecule has 1 aliphatic heterocycles. The van der Waals surface area contributed by atoms with E-state index in [1.54, 1.807) is 30.0 Å². The van der Waals surface area contributed by atoms with E-state index >= 15 is 0 Å². The number of likely N-dealkylation sites (tertiary alicyclic amines) is 1. The lowest BCUT2D eigenvalue weighted by molar-refractivity contribution is -0.385. The Hall–Kier alpha value is -3.03. The van der Waals surface area contributed by atoms with Gasteiger partial charge in [-0.3, -0.25) is 14.9 Å². The molecule has 0 N–H and O–H groups in total. The average Bonchev–Trinajstić information content (AvgIpc) is 3.05. The van der Waals surface area contributed by atoms with Gasteiger partial charge in [-0.15, -0.1) is 5.10 Å². The highest BCUT2D eigenvalue weighted by Gasteiger charge is 2.29. The van der Waals surface area contributed by atoms with E-state index in [2.05, 4.69) is 10.2 Å². The van der Waals surface area contributed by atoms with Gasteiger partial charge < -0.3 is 9.64 Å². The lowest BCUT2D eigenvalue weighted by Crippen LogP contribution is -2.31. The molecule has 2 aromatic rings. The number of aromatic nitrogens is 2. The molecule has 1 fully saturated rings. The quantitative estimate of drug-likeness (QED) is 0.624. The molecule has 8 heteroatoms. The largest absolute Gasteiger partial charge is 0.471 e. The summed E-state index contributed by atoms with van der Waals surface area (Å²) in [7, 11) is 0. The Balaban J connectivity index is 1.67. The maximum Gasteiger partial charge on any atom is 0.273 e. The van der Waals surface area contributed by atoms with E-state index in [4.69, 9.17) is 4.74 Å². The average molecular weight is 342 g/mol. The maximum atomic E-state index is 12.6. The predicted octanol–water partition coefficient (Wildman–Crippen LogP) is 2.30. The Morgan fingerprint density at radius 3 is 2.76 bits per heavy atom. The number of nitrogens with zero attached hydrogens (tertiary/aromatic N) is 4. The van der Waals surface area contributed by atoms with Gasteiger partial charge in [-0.2, -0.15) is 5.10 Å². The van der Waals surface area contributed by atoms with Gasteiger partial charge in [-0.1, -0.05) is 6.07 Å². The Morgan fingerprint density at radius 2 is 2.08 bits per heavy atom. The number of benzene rings is 1. The molecule has 2 heterocycles. The molecule has 1 aliphatic rings. The number of hydrogen-bond donors (Lipinski definition) is 0. The highest BCUT2D eigenvalue weighted by molar-refractivity contribution is 5.95. The van der Waals surface area contributed by atoms with Crippen molar-refractivity contribution in [1.82, 2.24) is 15.1 Å². The van der Waals surface area contributed by atoms with E-state index in [1.165, 1.54) is 6.07 Å². The Morgan fingerprint density at radius 1 is 1.28 bits per heavy atom. The minimum absolute atomic E-state index is 0.0484. The molecule has 1 aromatic heterocycles. The molecule has 0 spiro atoms. The van der Waals surface area contributed by atoms with Gasteiger partial charge in [0.25, 0.3) is 11.6 Å². The summed E-state index contributed by atoms with van der Waals surface area (Å²) in [5.74, 6) is 0.195. The van der Waals surface area contributed by atoms with E-state index in [1.807, 2.05) is 13.0 Å². The van der Waals surface area contributed by atoms with Crippen LogP contribution in [0.5, 0.6) is 5.88 Å². The highest BCUT2D eigenvalue weighted by atomic mass is 16.6. The monoisotopic (exact) mass is 342 g/mol. The zero-order valence-electron chi connectivity index (χ0n) is 14.0. The Labute approximate surface area is 144 Å². The highest BCUT2D eigenvalue weighted by Crippen LogP contribution is 2.23. The number of rotatable bonds is 4. The minimum atomic E-state index is -0.474. The minimum Gasteiger partial charge on any atom is -0.471 e. The van der Waals surface area contributed by atoms with Gasteiger partial charge in [0.05, 0.1) is 17.2 Å². The summed E-state index contributed by atoms with van der Waals surface area (Å²) in [5.41, 5.74) is 1.60. The number of ether oxygens (including phenoxy) is 1. The second kappa shape index (κ2) is 6.84. The van der Waals surface area contributed by atoms with Crippen LogP contribution in [-0.4, -0.2) is 45.1 Å². The third-order valence-corrected chi connectivity index (χ3v) is 4.15. The summed E-state index contributed by atoms with van der Waals surface area (Å²) in [6.45, 7) is 4.43. The van der Waals surface area contributed by atoms with Crippen molar-refractivity contribution in [3.63, 3.8) is 0 Å². The van der Waals surface area contributed by atoms with Gasteiger partial charge in [0.2, 0.25) is 5.88 Å². The summed E-state index contributed by atoms with van der Waals surface area (Å²) < 4.78 is 5.75. The van der Waals surface area contributed by atoms with Crippen molar-refractivity contribution in [1.29, 1.82) is 0 Å². The summed E-state index contributed by atoms with van der Waals surface area (Å²) in [6.07, 6.45) is 0.510. The number of aryl methyl sites for hydroxylation is 2. The summed E-state index contributed by atoms with van der Waals surface area (Å²) in [4.78, 5) is 24.8. The van der Waals surface area contributed by atoms with Crippen molar-refractivity contribution in [3.05, 3.63) is 57.3 Å². The van der Waals surface area contributed by atoms with Gasteiger partial charge in [0.1, 0.15) is 6.10 Å². The number of nitro groups is 1. The molecule has 3 rings (SSSR count). The molecule has 0 aliphatic carbocycles. The van der Waals surface area contributed by atoms with Crippen molar-refractivity contribution in [2.45, 2.75) is 26.4 Å². The zero-order chi connectivity index (χ0) is 18.0. The predicted molar refractivity (Wildman–Crippen MR) is 89.5 cm³/mol. The van der Waals surface area contributed by atoms with E-state index in [9.17, 15) is 14.9 Å². The molecule has 0 bridgehead atoms. The van der Waals surface area contributed by atoms with Crippen LogP contribution in [0.3, 0.4) is 0 Å². The third-order valence-electron chi connectivity index (χ3n) is 4.15. The fourth-order valence-corrected chi connectivity index (χ4v) is 2.75. The molecule has 0 saturated carbocycles. The number of nitro benzene ring substituents is 1. The molecular weight excluding hydrogens is 324 g/mol.